The molecule has 6 rings (SSSR count). The topological polar surface area (TPSA) is 94.3 Å². The Labute approximate surface area is 322 Å². The van der Waals surface area contributed by atoms with Gasteiger partial charge in [0, 0.05) is 70.3 Å². The first-order valence-corrected chi connectivity index (χ1v) is 26.9. The number of aromatic nitrogens is 4. The molecule has 2 bridgehead atoms. The van der Waals surface area contributed by atoms with E-state index in [0.717, 1.165) is 47.3 Å². The van der Waals surface area contributed by atoms with E-state index >= 15 is 4.39 Å². The minimum Gasteiger partial charge on any atom is -0.444 e. The highest BCUT2D eigenvalue weighted by atomic mass is 28.3. The number of hydrogen-bond donors (Lipinski definition) is 0. The number of carbonyl (C=O) groups is 1. The molecule has 292 valence electrons. The first-order valence-electron chi connectivity index (χ1n) is 19.5. The molecule has 2 saturated heterocycles. The Morgan fingerprint density at radius 3 is 2.02 bits per heavy atom. The molecule has 10 nitrogen and oxygen atoms in total. The summed E-state index contributed by atoms with van der Waals surface area (Å²) in [4.78, 5) is 26.9. The molecule has 3 aromatic heterocycles. The molecule has 0 radical (unpaired) electrons. The van der Waals surface area contributed by atoms with Crippen molar-refractivity contribution >= 4 is 33.7 Å². The minimum absolute atomic E-state index is 0.0468. The van der Waals surface area contributed by atoms with Gasteiger partial charge >= 0.3 is 6.09 Å². The van der Waals surface area contributed by atoms with Gasteiger partial charge in [-0.1, -0.05) is 75.7 Å². The number of pyridine rings is 1. The van der Waals surface area contributed by atoms with Crippen LogP contribution in [-0.2, 0) is 14.2 Å². The molecule has 54 heavy (non-hydrogen) atoms. The highest BCUT2D eigenvalue weighted by Crippen LogP contribution is 2.45. The monoisotopic (exact) mass is 774 g/mol. The molecule has 0 N–H and O–H groups in total. The molecule has 2 aliphatic heterocycles. The van der Waals surface area contributed by atoms with E-state index in [9.17, 15) is 4.79 Å². The quantitative estimate of drug-likeness (QED) is 0.0711. The molecule has 0 spiro atoms. The van der Waals surface area contributed by atoms with Gasteiger partial charge in [-0.05, 0) is 64.6 Å². The number of rotatable bonds is 14. The van der Waals surface area contributed by atoms with Crippen molar-refractivity contribution in [3.63, 3.8) is 0 Å². The van der Waals surface area contributed by atoms with Crippen molar-refractivity contribution in [3.8, 4) is 22.4 Å². The Balaban J connectivity index is 1.40. The standard InChI is InChI=1S/C41H59FN6O4Si2/c1-41(2,3)52-40(49)47-32-16-17-33(47)24-31(23-32)37-36(42)39(46(27-50-19-21-53(4,5)6)28-51-20-22-54(7,8)9)48-38(45-37)34(26-44-48)30-15-18-35(43-25-30)29-13-11-10-12-14-29/h10-15,18,25-26,31-33H,16-17,19-24,27-28H2,1-9H3/t31?,32-,33+. The van der Waals surface area contributed by atoms with Crippen LogP contribution < -0.4 is 4.90 Å². The fourth-order valence-electron chi connectivity index (χ4n) is 7.33. The molecule has 1 unspecified atom stereocenters. The van der Waals surface area contributed by atoms with Crippen LogP contribution in [0.4, 0.5) is 15.0 Å². The molecular weight excluding hydrogens is 716 g/mol. The predicted octanol–water partition coefficient (Wildman–Crippen LogP) is 9.67. The largest absolute Gasteiger partial charge is 0.444 e. The number of benzene rings is 1. The van der Waals surface area contributed by atoms with Gasteiger partial charge in [-0.3, -0.25) is 4.98 Å². The van der Waals surface area contributed by atoms with Crippen molar-refractivity contribution in [2.75, 3.05) is 31.6 Å². The molecule has 2 fully saturated rings. The molecule has 1 amide bonds. The van der Waals surface area contributed by atoms with Crippen LogP contribution in [0.5, 0.6) is 0 Å². The molecule has 1 aromatic carbocycles. The fraction of sp³-hybridized carbons (Fsp3) is 0.561. The molecule has 4 aromatic rings. The number of fused-ring (bicyclic) bond motifs is 3. The smallest absolute Gasteiger partial charge is 0.410 e. The SMILES string of the molecule is CC(C)(C)OC(=O)N1[C@@H]2CC[C@H]1CC(c1nc3c(-c4ccc(-c5ccccc5)nc4)cnn3c(N(COCC[Si](C)(C)C)COCC[Si](C)(C)C)c1F)C2. The number of amides is 1. The summed E-state index contributed by atoms with van der Waals surface area (Å²) in [6.07, 6.45) is 6.21. The van der Waals surface area contributed by atoms with Crippen molar-refractivity contribution in [1.29, 1.82) is 0 Å². The molecule has 0 saturated carbocycles. The van der Waals surface area contributed by atoms with Crippen LogP contribution >= 0.6 is 0 Å². The third kappa shape index (κ3) is 9.76. The Kier molecular flexibility index (Phi) is 12.0. The normalized spacial score (nSPS) is 19.1. The van der Waals surface area contributed by atoms with E-state index in [1.165, 1.54) is 0 Å². The highest BCUT2D eigenvalue weighted by Gasteiger charge is 2.46. The van der Waals surface area contributed by atoms with Gasteiger partial charge in [0.2, 0.25) is 0 Å². The van der Waals surface area contributed by atoms with Crippen molar-refractivity contribution in [2.24, 2.45) is 0 Å². The summed E-state index contributed by atoms with van der Waals surface area (Å²) in [6, 6.07) is 16.0. The second-order valence-corrected chi connectivity index (χ2v) is 29.6. The highest BCUT2D eigenvalue weighted by molar-refractivity contribution is 6.76. The summed E-state index contributed by atoms with van der Waals surface area (Å²) in [6.45, 7) is 21.0. The zero-order valence-electron chi connectivity index (χ0n) is 33.7. The second kappa shape index (κ2) is 16.2. The Morgan fingerprint density at radius 2 is 1.48 bits per heavy atom. The number of hydrogen-bond acceptors (Lipinski definition) is 8. The lowest BCUT2D eigenvalue weighted by Crippen LogP contribution is -2.48. The average molecular weight is 775 g/mol. The Morgan fingerprint density at radius 1 is 0.870 bits per heavy atom. The summed E-state index contributed by atoms with van der Waals surface area (Å²) in [5, 5.41) is 4.77. The van der Waals surface area contributed by atoms with Crippen LogP contribution in [0.2, 0.25) is 51.4 Å². The maximum atomic E-state index is 17.5. The molecule has 0 aliphatic carbocycles. The Bertz CT molecular complexity index is 1850. The van der Waals surface area contributed by atoms with E-state index in [1.807, 2.05) is 79.2 Å². The van der Waals surface area contributed by atoms with Gasteiger partial charge in [0.15, 0.2) is 17.3 Å². The van der Waals surface area contributed by atoms with Crippen molar-refractivity contribution in [3.05, 3.63) is 66.4 Å². The lowest BCUT2D eigenvalue weighted by Gasteiger charge is -2.39. The van der Waals surface area contributed by atoms with Gasteiger partial charge in [-0.25, -0.2) is 14.2 Å². The number of carbonyl (C=O) groups excluding carboxylic acids is 1. The van der Waals surface area contributed by atoms with E-state index < -0.39 is 27.6 Å². The van der Waals surface area contributed by atoms with Gasteiger partial charge in [0.1, 0.15) is 19.1 Å². The maximum Gasteiger partial charge on any atom is 0.410 e. The number of halogens is 1. The molecule has 5 heterocycles. The van der Waals surface area contributed by atoms with Gasteiger partial charge in [-0.2, -0.15) is 9.61 Å². The Hall–Kier alpha value is -3.66. The first kappa shape index (κ1) is 40.0. The summed E-state index contributed by atoms with van der Waals surface area (Å²) < 4.78 is 37.4. The van der Waals surface area contributed by atoms with Crippen molar-refractivity contribution in [2.45, 2.75) is 121 Å². The molecule has 13 heteroatoms. The number of ether oxygens (including phenoxy) is 3. The van der Waals surface area contributed by atoms with E-state index in [1.54, 1.807) is 10.7 Å². The zero-order chi connectivity index (χ0) is 38.8. The van der Waals surface area contributed by atoms with E-state index in [2.05, 4.69) is 39.3 Å². The average Bonchev–Trinajstić information content (AvgIpc) is 3.63. The maximum absolute atomic E-state index is 17.5. The van der Waals surface area contributed by atoms with Gasteiger partial charge in [-0.15, -0.1) is 0 Å². The minimum atomic E-state index is -1.36. The van der Waals surface area contributed by atoms with Gasteiger partial charge < -0.3 is 24.0 Å². The van der Waals surface area contributed by atoms with E-state index in [4.69, 9.17) is 29.3 Å². The van der Waals surface area contributed by atoms with E-state index in [-0.39, 0.29) is 43.4 Å². The van der Waals surface area contributed by atoms with Crippen LogP contribution in [0.3, 0.4) is 0 Å². The molecule has 3 atom stereocenters. The first-order chi connectivity index (χ1) is 25.5. The zero-order valence-corrected chi connectivity index (χ0v) is 35.7. The van der Waals surface area contributed by atoms with Crippen molar-refractivity contribution in [1.82, 2.24) is 24.5 Å². The van der Waals surface area contributed by atoms with Crippen molar-refractivity contribution < 1.29 is 23.4 Å². The molecular formula is C41H59FN6O4Si2. The van der Waals surface area contributed by atoms with E-state index in [0.29, 0.717) is 37.4 Å². The van der Waals surface area contributed by atoms with Crippen LogP contribution in [0.15, 0.2) is 54.9 Å². The second-order valence-electron chi connectivity index (χ2n) is 18.4. The van der Waals surface area contributed by atoms with Crippen LogP contribution in [0.25, 0.3) is 28.0 Å². The number of piperidine rings is 1. The third-order valence-corrected chi connectivity index (χ3v) is 13.7. The lowest BCUT2D eigenvalue weighted by atomic mass is 9.87. The predicted molar refractivity (Wildman–Crippen MR) is 219 cm³/mol. The fourth-order valence-corrected chi connectivity index (χ4v) is 8.85. The summed E-state index contributed by atoms with van der Waals surface area (Å²) >= 11 is 0. The molecule has 2 aliphatic rings. The summed E-state index contributed by atoms with van der Waals surface area (Å²) in [5.41, 5.74) is 3.84. The number of anilines is 1. The lowest BCUT2D eigenvalue weighted by molar-refractivity contribution is 0.00558. The van der Waals surface area contributed by atoms with Crippen LogP contribution in [0.1, 0.15) is 58.1 Å². The summed E-state index contributed by atoms with van der Waals surface area (Å²) in [7, 11) is -2.71. The third-order valence-electron chi connectivity index (χ3n) is 10.2. The summed E-state index contributed by atoms with van der Waals surface area (Å²) in [5.74, 6) is -0.348. The van der Waals surface area contributed by atoms with Crippen LogP contribution in [0, 0.1) is 5.82 Å². The number of nitrogens with zero attached hydrogens (tertiary/aromatic N) is 6. The van der Waals surface area contributed by atoms with Gasteiger partial charge in [0.05, 0.1) is 17.6 Å². The van der Waals surface area contributed by atoms with Gasteiger partial charge in [0.25, 0.3) is 0 Å². The van der Waals surface area contributed by atoms with Crippen LogP contribution in [-0.4, -0.2) is 91.1 Å².